The van der Waals surface area contributed by atoms with Gasteiger partial charge in [-0.25, -0.2) is 0 Å². The number of fused-ring (bicyclic) bond motifs is 8. The Hall–Kier alpha value is -9.26. The van der Waals surface area contributed by atoms with Crippen LogP contribution in [0.4, 0.5) is 17.1 Å². The summed E-state index contributed by atoms with van der Waals surface area (Å²) in [5, 5.41) is 7.57. The first-order valence-electron chi connectivity index (χ1n) is 26.3. The number of para-hydroxylation sites is 3. The molecule has 77 heavy (non-hydrogen) atoms. The zero-order valence-electron chi connectivity index (χ0n) is 42.5. The minimum atomic E-state index is 1.10. The summed E-state index contributed by atoms with van der Waals surface area (Å²) >= 11 is 3.75. The van der Waals surface area contributed by atoms with Crippen molar-refractivity contribution in [1.82, 2.24) is 9.13 Å². The highest BCUT2D eigenvalue weighted by molar-refractivity contribution is 7.23. The maximum absolute atomic E-state index is 2.42. The molecule has 0 bridgehead atoms. The predicted octanol–water partition coefficient (Wildman–Crippen LogP) is 21.1. The van der Waals surface area contributed by atoms with Crippen LogP contribution in [-0.4, -0.2) is 9.13 Å². The highest BCUT2D eigenvalue weighted by atomic mass is 32.1. The van der Waals surface area contributed by atoms with Gasteiger partial charge in [-0.1, -0.05) is 163 Å². The number of aromatic nitrogens is 2. The third-order valence-corrected chi connectivity index (χ3v) is 17.9. The third kappa shape index (κ3) is 7.53. The number of anilines is 3. The first kappa shape index (κ1) is 45.2. The van der Waals surface area contributed by atoms with E-state index in [0.29, 0.717) is 0 Å². The minimum Gasteiger partial charge on any atom is -0.311 e. The molecule has 4 heterocycles. The maximum Gasteiger partial charge on any atom is 0.0541 e. The Morgan fingerprint density at radius 3 is 1.08 bits per heavy atom. The van der Waals surface area contributed by atoms with Crippen molar-refractivity contribution in [3.8, 4) is 54.5 Å². The van der Waals surface area contributed by atoms with Crippen molar-refractivity contribution in [2.45, 2.75) is 13.8 Å². The fraction of sp³-hybridized carbons (Fsp3) is 0.0278. The van der Waals surface area contributed by atoms with E-state index in [-0.39, 0.29) is 0 Å². The largest absolute Gasteiger partial charge is 0.311 e. The Balaban J connectivity index is 0.808. The molecule has 3 nitrogen and oxygen atoms in total. The molecule has 5 heteroatoms. The van der Waals surface area contributed by atoms with Gasteiger partial charge >= 0.3 is 0 Å². The lowest BCUT2D eigenvalue weighted by Crippen LogP contribution is -2.09. The molecule has 0 saturated carbocycles. The topological polar surface area (TPSA) is 13.1 Å². The van der Waals surface area contributed by atoms with Crippen molar-refractivity contribution >= 4 is 104 Å². The molecule has 0 fully saturated rings. The zero-order chi connectivity index (χ0) is 51.1. The molecule has 0 N–H and O–H groups in total. The molecule has 0 aliphatic carbocycles. The summed E-state index contributed by atoms with van der Waals surface area (Å²) in [6.07, 6.45) is 0. The highest BCUT2D eigenvalue weighted by Crippen LogP contribution is 2.49. The van der Waals surface area contributed by atoms with Gasteiger partial charge in [-0.3, -0.25) is 0 Å². The lowest BCUT2D eigenvalue weighted by molar-refractivity contribution is 1.17. The number of aryl methyl sites for hydroxylation is 2. The Labute approximate surface area is 455 Å². The number of benzene rings is 11. The van der Waals surface area contributed by atoms with Crippen molar-refractivity contribution in [3.05, 3.63) is 272 Å². The van der Waals surface area contributed by atoms with Crippen LogP contribution in [0.5, 0.6) is 0 Å². The van der Waals surface area contributed by atoms with Gasteiger partial charge in [0, 0.05) is 91.0 Å². The van der Waals surface area contributed by atoms with Crippen LogP contribution in [0.25, 0.3) is 118 Å². The summed E-state index contributed by atoms with van der Waals surface area (Å²) in [7, 11) is 0. The van der Waals surface area contributed by atoms with E-state index in [4.69, 9.17) is 0 Å². The molecule has 0 amide bonds. The molecule has 0 saturated heterocycles. The standard InChI is InChI=1S/C72H49N3S2/c1-46-24-34-55(35-25-46)74-63-20-10-6-16-57(63)61-44-50(32-42-65(61)74)69-59-18-8-12-22-67(59)76-71(69)48-28-38-53(39-29-48)73(52-14-4-3-5-15-52)54-40-30-49(31-41-54)72-70(60-19-9-13-23-68(60)77-72)51-33-43-66-62(45-51)58-17-7-11-21-64(58)75(66)56-36-26-47(2)27-37-56/h3-45H,1-2H3. The van der Waals surface area contributed by atoms with Crippen LogP contribution in [0.3, 0.4) is 0 Å². The minimum absolute atomic E-state index is 1.10. The van der Waals surface area contributed by atoms with Gasteiger partial charge in [-0.2, -0.15) is 0 Å². The molecule has 0 spiro atoms. The van der Waals surface area contributed by atoms with E-state index >= 15 is 0 Å². The van der Waals surface area contributed by atoms with E-state index in [0.717, 1.165) is 17.1 Å². The van der Waals surface area contributed by atoms with Gasteiger partial charge in [0.25, 0.3) is 0 Å². The quantitative estimate of drug-likeness (QED) is 0.140. The molecule has 0 unspecified atom stereocenters. The van der Waals surface area contributed by atoms with Crippen molar-refractivity contribution in [1.29, 1.82) is 0 Å². The van der Waals surface area contributed by atoms with E-state index in [1.54, 1.807) is 0 Å². The number of nitrogens with zero attached hydrogens (tertiary/aromatic N) is 3. The van der Waals surface area contributed by atoms with E-state index in [2.05, 4.69) is 289 Å². The Morgan fingerprint density at radius 2 is 0.636 bits per heavy atom. The second kappa shape index (κ2) is 18.2. The molecule has 0 aliphatic rings. The molecular weight excluding hydrogens is 971 g/mol. The van der Waals surface area contributed by atoms with Gasteiger partial charge in [-0.15, -0.1) is 22.7 Å². The van der Waals surface area contributed by atoms with E-state index in [1.165, 1.54) is 129 Å². The van der Waals surface area contributed by atoms with Crippen molar-refractivity contribution < 1.29 is 0 Å². The van der Waals surface area contributed by atoms with Crippen LogP contribution in [0, 0.1) is 13.8 Å². The van der Waals surface area contributed by atoms with Crippen molar-refractivity contribution in [3.63, 3.8) is 0 Å². The molecule has 15 aromatic rings. The summed E-state index contributed by atoms with van der Waals surface area (Å²) in [5.41, 5.74) is 20.4. The second-order valence-electron chi connectivity index (χ2n) is 20.2. The Kier molecular flexibility index (Phi) is 10.7. The average molecular weight is 1020 g/mol. The highest BCUT2D eigenvalue weighted by Gasteiger charge is 2.22. The monoisotopic (exact) mass is 1020 g/mol. The smallest absolute Gasteiger partial charge is 0.0541 e. The number of thiophene rings is 2. The first-order valence-corrected chi connectivity index (χ1v) is 27.9. The molecule has 0 aliphatic heterocycles. The van der Waals surface area contributed by atoms with Crippen LogP contribution in [-0.2, 0) is 0 Å². The van der Waals surface area contributed by atoms with Gasteiger partial charge in [0.1, 0.15) is 0 Å². The normalized spacial score (nSPS) is 11.8. The molecule has 0 radical (unpaired) electrons. The van der Waals surface area contributed by atoms with Gasteiger partial charge in [-0.05, 0) is 145 Å². The first-order chi connectivity index (χ1) is 38.0. The summed E-state index contributed by atoms with van der Waals surface area (Å²) in [5.74, 6) is 0. The van der Waals surface area contributed by atoms with Crippen LogP contribution >= 0.6 is 22.7 Å². The molecule has 15 rings (SSSR count). The fourth-order valence-corrected chi connectivity index (χ4v) is 14.3. The van der Waals surface area contributed by atoms with Gasteiger partial charge < -0.3 is 14.0 Å². The van der Waals surface area contributed by atoms with Crippen LogP contribution in [0.15, 0.2) is 261 Å². The predicted molar refractivity (Wildman–Crippen MR) is 332 cm³/mol. The van der Waals surface area contributed by atoms with Gasteiger partial charge in [0.15, 0.2) is 0 Å². The molecule has 4 aromatic heterocycles. The number of hydrogen-bond acceptors (Lipinski definition) is 3. The molecule has 11 aromatic carbocycles. The Morgan fingerprint density at radius 1 is 0.286 bits per heavy atom. The average Bonchev–Trinajstić information content (AvgIpc) is 4.30. The van der Waals surface area contributed by atoms with E-state index in [9.17, 15) is 0 Å². The van der Waals surface area contributed by atoms with Crippen LogP contribution < -0.4 is 4.90 Å². The van der Waals surface area contributed by atoms with Gasteiger partial charge in [0.05, 0.1) is 22.1 Å². The van der Waals surface area contributed by atoms with E-state index < -0.39 is 0 Å². The number of rotatable bonds is 9. The lowest BCUT2D eigenvalue weighted by atomic mass is 9.97. The molecule has 364 valence electrons. The number of hydrogen-bond donors (Lipinski definition) is 0. The summed E-state index contributed by atoms with van der Waals surface area (Å²) in [4.78, 5) is 4.91. The maximum atomic E-state index is 2.42. The SMILES string of the molecule is Cc1ccc(-n2c3ccccc3c3cc(-c4c(-c5ccc(N(c6ccccc6)c6ccc(-c7sc8ccccc8c7-c7ccc8c(c7)c7ccccc7n8-c7ccc(C)cc7)cc6)cc5)sc5ccccc45)ccc32)cc1. The fourth-order valence-electron chi connectivity index (χ4n) is 11.8. The summed E-state index contributed by atoms with van der Waals surface area (Å²) < 4.78 is 7.37. The lowest BCUT2D eigenvalue weighted by Gasteiger charge is -2.26. The molecular formula is C72H49N3S2. The van der Waals surface area contributed by atoms with Crippen molar-refractivity contribution in [2.24, 2.45) is 0 Å². The van der Waals surface area contributed by atoms with E-state index in [1.807, 2.05) is 22.7 Å². The van der Waals surface area contributed by atoms with Crippen molar-refractivity contribution in [2.75, 3.05) is 4.90 Å². The third-order valence-electron chi connectivity index (χ3n) is 15.5. The summed E-state index contributed by atoms with van der Waals surface area (Å²) in [6, 6.07) is 96.4. The van der Waals surface area contributed by atoms with Crippen LogP contribution in [0.1, 0.15) is 11.1 Å². The molecule has 0 atom stereocenters. The van der Waals surface area contributed by atoms with Gasteiger partial charge in [0.2, 0.25) is 0 Å². The summed E-state index contributed by atoms with van der Waals surface area (Å²) in [6.45, 7) is 4.29. The zero-order valence-corrected chi connectivity index (χ0v) is 44.1. The van der Waals surface area contributed by atoms with Crippen LogP contribution in [0.2, 0.25) is 0 Å². The Bertz CT molecular complexity index is 4440. The second-order valence-corrected chi connectivity index (χ2v) is 22.3.